The van der Waals surface area contributed by atoms with E-state index in [0.717, 1.165) is 13.0 Å². The summed E-state index contributed by atoms with van der Waals surface area (Å²) in [7, 11) is 0. The average Bonchev–Trinajstić information content (AvgIpc) is 2.63. The Balaban J connectivity index is 3.05. The molecule has 0 heterocycles. The van der Waals surface area contributed by atoms with E-state index in [9.17, 15) is 4.79 Å². The molecule has 146 valence electrons. The maximum atomic E-state index is 11.0. The molecule has 0 aliphatic carbocycles. The van der Waals surface area contributed by atoms with E-state index in [-0.39, 0.29) is 5.91 Å². The van der Waals surface area contributed by atoms with Gasteiger partial charge in [0.15, 0.2) is 0 Å². The van der Waals surface area contributed by atoms with Crippen molar-refractivity contribution in [3.63, 3.8) is 0 Å². The van der Waals surface area contributed by atoms with E-state index in [2.05, 4.69) is 31.0 Å². The van der Waals surface area contributed by atoms with E-state index in [0.29, 0.717) is 0 Å². The van der Waals surface area contributed by atoms with Gasteiger partial charge in [0, 0.05) is 6.54 Å². The molecule has 1 amide bonds. The lowest BCUT2D eigenvalue weighted by molar-refractivity contribution is -0.116. The zero-order valence-corrected chi connectivity index (χ0v) is 16.9. The Bertz CT molecular complexity index is 322. The first-order valence-corrected chi connectivity index (χ1v) is 10.9. The minimum absolute atomic E-state index is 0.0520. The molecule has 0 aromatic carbocycles. The smallest absolute Gasteiger partial charge is 0.243 e. The zero-order valence-electron chi connectivity index (χ0n) is 16.9. The van der Waals surface area contributed by atoms with E-state index in [1.54, 1.807) is 0 Å². The molecule has 0 spiro atoms. The fraction of sp³-hybridized carbons (Fsp3) is 0.783. The Labute approximate surface area is 157 Å². The summed E-state index contributed by atoms with van der Waals surface area (Å²) in [4.78, 5) is 11.0. The van der Waals surface area contributed by atoms with E-state index in [1.807, 2.05) is 0 Å². The molecule has 2 nitrogen and oxygen atoms in total. The topological polar surface area (TPSA) is 29.1 Å². The highest BCUT2D eigenvalue weighted by Crippen LogP contribution is 2.13. The summed E-state index contributed by atoms with van der Waals surface area (Å²) in [6.45, 7) is 6.47. The Morgan fingerprint density at radius 1 is 0.720 bits per heavy atom. The predicted molar refractivity (Wildman–Crippen MR) is 112 cm³/mol. The molecule has 25 heavy (non-hydrogen) atoms. The SMILES string of the molecule is C=CC(=O)NCCCCCCCCCCCCCCC/C=C/CCC. The summed E-state index contributed by atoms with van der Waals surface area (Å²) in [6.07, 6.45) is 27.5. The van der Waals surface area contributed by atoms with Crippen molar-refractivity contribution in [3.05, 3.63) is 24.8 Å². The second kappa shape index (κ2) is 21.0. The molecule has 0 fully saturated rings. The average molecular weight is 350 g/mol. The number of carbonyl (C=O) groups excluding carboxylic acids is 1. The van der Waals surface area contributed by atoms with Gasteiger partial charge >= 0.3 is 0 Å². The van der Waals surface area contributed by atoms with Crippen LogP contribution in [0.15, 0.2) is 24.8 Å². The molecule has 0 atom stereocenters. The number of carbonyl (C=O) groups is 1. The lowest BCUT2D eigenvalue weighted by atomic mass is 10.0. The number of nitrogens with one attached hydrogen (secondary N) is 1. The standard InChI is InChI=1S/C23H43NO/c1-3-5-6-7-8-9-10-11-12-13-14-15-16-17-18-19-20-21-22-24-23(25)4-2/h4,6-7H,2-3,5,8-22H2,1H3,(H,24,25)/b7-6+. The molecule has 0 saturated carbocycles. The summed E-state index contributed by atoms with van der Waals surface area (Å²) < 4.78 is 0. The molecule has 0 rings (SSSR count). The quantitative estimate of drug-likeness (QED) is 0.150. The number of allylic oxidation sites excluding steroid dienone is 2. The number of unbranched alkanes of at least 4 members (excludes halogenated alkanes) is 14. The van der Waals surface area contributed by atoms with Crippen molar-refractivity contribution in [2.75, 3.05) is 6.54 Å². The first-order chi connectivity index (χ1) is 12.3. The Morgan fingerprint density at radius 3 is 1.64 bits per heavy atom. The maximum Gasteiger partial charge on any atom is 0.243 e. The normalized spacial score (nSPS) is 11.1. The van der Waals surface area contributed by atoms with Gasteiger partial charge in [-0.15, -0.1) is 0 Å². The molecule has 0 aromatic rings. The van der Waals surface area contributed by atoms with Gasteiger partial charge in [-0.05, 0) is 31.8 Å². The molecular weight excluding hydrogens is 306 g/mol. The van der Waals surface area contributed by atoms with Gasteiger partial charge in [-0.1, -0.05) is 103 Å². The molecule has 0 aliphatic heterocycles. The number of hydrogen-bond donors (Lipinski definition) is 1. The highest BCUT2D eigenvalue weighted by molar-refractivity contribution is 5.86. The molecule has 2 heteroatoms. The minimum Gasteiger partial charge on any atom is -0.353 e. The zero-order chi connectivity index (χ0) is 18.4. The van der Waals surface area contributed by atoms with Crippen molar-refractivity contribution in [2.24, 2.45) is 0 Å². The largest absolute Gasteiger partial charge is 0.353 e. The molecule has 1 N–H and O–H groups in total. The van der Waals surface area contributed by atoms with Gasteiger partial charge in [0.05, 0.1) is 0 Å². The maximum absolute atomic E-state index is 11.0. The van der Waals surface area contributed by atoms with Crippen molar-refractivity contribution < 1.29 is 4.79 Å². The van der Waals surface area contributed by atoms with Gasteiger partial charge in [0.1, 0.15) is 0 Å². The third-order valence-corrected chi connectivity index (χ3v) is 4.65. The number of amides is 1. The van der Waals surface area contributed by atoms with Gasteiger partial charge < -0.3 is 5.32 Å². The van der Waals surface area contributed by atoms with Crippen molar-refractivity contribution in [1.29, 1.82) is 0 Å². The predicted octanol–water partition coefficient (Wildman–Crippen LogP) is 7.11. The summed E-state index contributed by atoms with van der Waals surface area (Å²) in [5, 5.41) is 2.83. The van der Waals surface area contributed by atoms with E-state index >= 15 is 0 Å². The molecule has 0 unspecified atom stereocenters. The lowest BCUT2D eigenvalue weighted by Gasteiger charge is -2.04. The van der Waals surface area contributed by atoms with Gasteiger partial charge in [-0.2, -0.15) is 0 Å². The second-order valence-electron chi connectivity index (χ2n) is 7.14. The highest BCUT2D eigenvalue weighted by atomic mass is 16.1. The Hall–Kier alpha value is -1.05. The van der Waals surface area contributed by atoms with Gasteiger partial charge in [-0.3, -0.25) is 4.79 Å². The molecular formula is C23H43NO. The van der Waals surface area contributed by atoms with Crippen molar-refractivity contribution in [1.82, 2.24) is 5.32 Å². The molecule has 0 aliphatic rings. The molecule has 0 aromatic heterocycles. The molecule has 0 radical (unpaired) electrons. The summed E-state index contributed by atoms with van der Waals surface area (Å²) in [6, 6.07) is 0. The van der Waals surface area contributed by atoms with Gasteiger partial charge in [0.25, 0.3) is 0 Å². The van der Waals surface area contributed by atoms with Crippen LogP contribution in [0.5, 0.6) is 0 Å². The monoisotopic (exact) mass is 349 g/mol. The van der Waals surface area contributed by atoms with Crippen LogP contribution >= 0.6 is 0 Å². The second-order valence-corrected chi connectivity index (χ2v) is 7.14. The third kappa shape index (κ3) is 20.9. The van der Waals surface area contributed by atoms with Crippen LogP contribution in [0.25, 0.3) is 0 Å². The lowest BCUT2D eigenvalue weighted by Crippen LogP contribution is -2.21. The van der Waals surface area contributed by atoms with Crippen LogP contribution in [0, 0.1) is 0 Å². The van der Waals surface area contributed by atoms with E-state index < -0.39 is 0 Å². The van der Waals surface area contributed by atoms with Crippen molar-refractivity contribution >= 4 is 5.91 Å². The van der Waals surface area contributed by atoms with Crippen LogP contribution in [0.1, 0.15) is 110 Å². The summed E-state index contributed by atoms with van der Waals surface area (Å²) >= 11 is 0. The minimum atomic E-state index is -0.0520. The van der Waals surface area contributed by atoms with Gasteiger partial charge in [-0.25, -0.2) is 0 Å². The van der Waals surface area contributed by atoms with E-state index in [1.165, 1.54) is 102 Å². The number of rotatable bonds is 19. The Kier molecular flexibility index (Phi) is 20.1. The third-order valence-electron chi connectivity index (χ3n) is 4.65. The van der Waals surface area contributed by atoms with Crippen LogP contribution in [0.4, 0.5) is 0 Å². The van der Waals surface area contributed by atoms with Gasteiger partial charge in [0.2, 0.25) is 5.91 Å². The number of hydrogen-bond acceptors (Lipinski definition) is 1. The fourth-order valence-electron chi connectivity index (χ4n) is 3.02. The first-order valence-electron chi connectivity index (χ1n) is 10.9. The highest BCUT2D eigenvalue weighted by Gasteiger charge is 1.95. The van der Waals surface area contributed by atoms with Crippen LogP contribution in [0.2, 0.25) is 0 Å². The Morgan fingerprint density at radius 2 is 1.16 bits per heavy atom. The van der Waals surface area contributed by atoms with Crippen LogP contribution in [0.3, 0.4) is 0 Å². The van der Waals surface area contributed by atoms with E-state index in [4.69, 9.17) is 0 Å². The van der Waals surface area contributed by atoms with Crippen LogP contribution < -0.4 is 5.32 Å². The van der Waals surface area contributed by atoms with Crippen LogP contribution in [-0.2, 0) is 4.79 Å². The van der Waals surface area contributed by atoms with Crippen LogP contribution in [-0.4, -0.2) is 12.5 Å². The van der Waals surface area contributed by atoms with Crippen molar-refractivity contribution in [2.45, 2.75) is 110 Å². The first kappa shape index (κ1) is 23.9. The summed E-state index contributed by atoms with van der Waals surface area (Å²) in [5.41, 5.74) is 0. The summed E-state index contributed by atoms with van der Waals surface area (Å²) in [5.74, 6) is -0.0520. The fourth-order valence-corrected chi connectivity index (χ4v) is 3.02. The molecule has 0 saturated heterocycles. The van der Waals surface area contributed by atoms with Crippen molar-refractivity contribution in [3.8, 4) is 0 Å². The molecule has 0 bridgehead atoms.